The molecule has 1 rings (SSSR count). The fourth-order valence-corrected chi connectivity index (χ4v) is 1.52. The highest BCUT2D eigenvalue weighted by Crippen LogP contribution is 2.12. The van der Waals surface area contributed by atoms with Crippen LogP contribution in [0.4, 0.5) is 0 Å². The van der Waals surface area contributed by atoms with Crippen LogP contribution in [0, 0.1) is 11.3 Å². The van der Waals surface area contributed by atoms with Crippen molar-refractivity contribution in [2.45, 2.75) is 6.42 Å². The van der Waals surface area contributed by atoms with E-state index >= 15 is 0 Å². The molecule has 0 aliphatic rings. The van der Waals surface area contributed by atoms with Crippen molar-refractivity contribution in [3.63, 3.8) is 0 Å². The van der Waals surface area contributed by atoms with Crippen molar-refractivity contribution in [3.05, 3.63) is 29.8 Å². The van der Waals surface area contributed by atoms with Crippen LogP contribution in [-0.2, 0) is 11.2 Å². The number of carbonyl (C=O) groups excluding carboxylic acids is 1. The Bertz CT molecular complexity index is 437. The van der Waals surface area contributed by atoms with Crippen LogP contribution in [0.1, 0.15) is 5.56 Å². The first kappa shape index (κ1) is 15.0. The topological polar surface area (TPSA) is 65.4 Å². The van der Waals surface area contributed by atoms with E-state index in [-0.39, 0.29) is 5.91 Å². The number of hydrogen-bond donors (Lipinski definition) is 1. The number of benzene rings is 1. The molecule has 0 aromatic heterocycles. The van der Waals surface area contributed by atoms with E-state index in [1.807, 2.05) is 36.2 Å². The second-order valence-electron chi connectivity index (χ2n) is 4.24. The maximum atomic E-state index is 11.1. The van der Waals surface area contributed by atoms with Crippen LogP contribution in [-0.4, -0.2) is 44.6 Å². The molecule has 0 aliphatic heterocycles. The normalized spacial score (nSPS) is 10.0. The second-order valence-corrected chi connectivity index (χ2v) is 4.24. The average Bonchev–Trinajstić information content (AvgIpc) is 2.41. The van der Waals surface area contributed by atoms with Gasteiger partial charge in [-0.2, -0.15) is 5.26 Å². The standard InChI is InChI=1S/C14H19N3O2/c1-16-14(18)11-17(2)9-10-19-13-5-3-12(4-6-13)7-8-15/h3-6H,7,9-11H2,1-2H3,(H,16,18). The van der Waals surface area contributed by atoms with Gasteiger partial charge < -0.3 is 10.1 Å². The molecule has 0 spiro atoms. The molecule has 1 amide bonds. The molecular weight excluding hydrogens is 242 g/mol. The molecule has 19 heavy (non-hydrogen) atoms. The van der Waals surface area contributed by atoms with E-state index in [4.69, 9.17) is 10.00 Å². The summed E-state index contributed by atoms with van der Waals surface area (Å²) in [5.41, 5.74) is 0.978. The van der Waals surface area contributed by atoms with Crippen LogP contribution in [0.2, 0.25) is 0 Å². The fraction of sp³-hybridized carbons (Fsp3) is 0.429. The zero-order chi connectivity index (χ0) is 14.1. The lowest BCUT2D eigenvalue weighted by atomic mass is 10.2. The van der Waals surface area contributed by atoms with Crippen molar-refractivity contribution in [2.75, 3.05) is 33.8 Å². The molecule has 5 heteroatoms. The first-order chi connectivity index (χ1) is 9.15. The number of nitriles is 1. The highest BCUT2D eigenvalue weighted by molar-refractivity contribution is 5.77. The third-order valence-electron chi connectivity index (χ3n) is 2.64. The van der Waals surface area contributed by atoms with E-state index in [1.54, 1.807) is 7.05 Å². The first-order valence-electron chi connectivity index (χ1n) is 6.13. The van der Waals surface area contributed by atoms with Crippen molar-refractivity contribution < 1.29 is 9.53 Å². The van der Waals surface area contributed by atoms with Crippen molar-refractivity contribution in [3.8, 4) is 11.8 Å². The van der Waals surface area contributed by atoms with Gasteiger partial charge in [-0.15, -0.1) is 0 Å². The van der Waals surface area contributed by atoms with Crippen molar-refractivity contribution in [1.82, 2.24) is 10.2 Å². The van der Waals surface area contributed by atoms with E-state index in [0.29, 0.717) is 26.1 Å². The summed E-state index contributed by atoms with van der Waals surface area (Å²) in [6.07, 6.45) is 0.412. The van der Waals surface area contributed by atoms with Crippen LogP contribution in [0.15, 0.2) is 24.3 Å². The summed E-state index contributed by atoms with van der Waals surface area (Å²) in [5, 5.41) is 11.1. The molecule has 0 heterocycles. The van der Waals surface area contributed by atoms with Crippen LogP contribution < -0.4 is 10.1 Å². The predicted molar refractivity (Wildman–Crippen MR) is 72.8 cm³/mol. The Labute approximate surface area is 113 Å². The number of ether oxygens (including phenoxy) is 1. The molecule has 1 aromatic carbocycles. The van der Waals surface area contributed by atoms with Gasteiger partial charge in [0, 0.05) is 13.6 Å². The van der Waals surface area contributed by atoms with Gasteiger partial charge in [-0.25, -0.2) is 0 Å². The number of likely N-dealkylation sites (N-methyl/N-ethyl adjacent to an activating group) is 2. The Balaban J connectivity index is 2.29. The molecule has 1 N–H and O–H groups in total. The van der Waals surface area contributed by atoms with Gasteiger partial charge in [0.15, 0.2) is 0 Å². The highest BCUT2D eigenvalue weighted by Gasteiger charge is 2.04. The third kappa shape index (κ3) is 5.89. The van der Waals surface area contributed by atoms with Gasteiger partial charge in [-0.1, -0.05) is 12.1 Å². The van der Waals surface area contributed by atoms with Crippen LogP contribution in [0.3, 0.4) is 0 Å². The lowest BCUT2D eigenvalue weighted by Crippen LogP contribution is -2.35. The number of carbonyl (C=O) groups is 1. The Morgan fingerprint density at radius 2 is 2.11 bits per heavy atom. The number of nitrogens with one attached hydrogen (secondary N) is 1. The van der Waals surface area contributed by atoms with Gasteiger partial charge in [-0.3, -0.25) is 9.69 Å². The van der Waals surface area contributed by atoms with Gasteiger partial charge in [-0.05, 0) is 24.7 Å². The summed E-state index contributed by atoms with van der Waals surface area (Å²) in [6, 6.07) is 9.57. The third-order valence-corrected chi connectivity index (χ3v) is 2.64. The maximum Gasteiger partial charge on any atom is 0.233 e. The average molecular weight is 261 g/mol. The number of amides is 1. The Kier molecular flexibility index (Phi) is 6.41. The minimum absolute atomic E-state index is 0.0108. The van der Waals surface area contributed by atoms with E-state index in [1.165, 1.54) is 0 Å². The predicted octanol–water partition coefficient (Wildman–Crippen LogP) is 0.809. The second kappa shape index (κ2) is 8.11. The summed E-state index contributed by atoms with van der Waals surface area (Å²) in [6.45, 7) is 1.55. The molecule has 102 valence electrons. The monoisotopic (exact) mass is 261 g/mol. The molecule has 0 unspecified atom stereocenters. The number of hydrogen-bond acceptors (Lipinski definition) is 4. The Morgan fingerprint density at radius 1 is 1.42 bits per heavy atom. The molecule has 0 saturated heterocycles. The van der Waals surface area contributed by atoms with Crippen molar-refractivity contribution in [2.24, 2.45) is 0 Å². The largest absolute Gasteiger partial charge is 0.492 e. The fourth-order valence-electron chi connectivity index (χ4n) is 1.52. The van der Waals surface area contributed by atoms with E-state index in [0.717, 1.165) is 11.3 Å². The highest BCUT2D eigenvalue weighted by atomic mass is 16.5. The number of rotatable bonds is 7. The van der Waals surface area contributed by atoms with E-state index in [2.05, 4.69) is 11.4 Å². The van der Waals surface area contributed by atoms with Crippen LogP contribution >= 0.6 is 0 Å². The summed E-state index contributed by atoms with van der Waals surface area (Å²) in [4.78, 5) is 13.0. The lowest BCUT2D eigenvalue weighted by molar-refractivity contribution is -0.121. The summed E-state index contributed by atoms with van der Waals surface area (Å²) < 4.78 is 5.57. The van der Waals surface area contributed by atoms with Gasteiger partial charge in [0.05, 0.1) is 19.0 Å². The number of nitrogens with zero attached hydrogens (tertiary/aromatic N) is 2. The van der Waals surface area contributed by atoms with Crippen molar-refractivity contribution >= 4 is 5.91 Å². The minimum atomic E-state index is -0.0108. The summed E-state index contributed by atoms with van der Waals surface area (Å²) >= 11 is 0. The zero-order valence-electron chi connectivity index (χ0n) is 11.3. The summed E-state index contributed by atoms with van der Waals surface area (Å²) in [5.74, 6) is 0.762. The van der Waals surface area contributed by atoms with E-state index < -0.39 is 0 Å². The zero-order valence-corrected chi connectivity index (χ0v) is 11.3. The Hall–Kier alpha value is -2.06. The molecule has 0 saturated carbocycles. The molecule has 0 fully saturated rings. The quantitative estimate of drug-likeness (QED) is 0.789. The SMILES string of the molecule is CNC(=O)CN(C)CCOc1ccc(CC#N)cc1. The molecule has 1 aromatic rings. The van der Waals surface area contributed by atoms with Gasteiger partial charge in [0.25, 0.3) is 0 Å². The molecule has 5 nitrogen and oxygen atoms in total. The van der Waals surface area contributed by atoms with Crippen LogP contribution in [0.5, 0.6) is 5.75 Å². The van der Waals surface area contributed by atoms with Crippen LogP contribution in [0.25, 0.3) is 0 Å². The van der Waals surface area contributed by atoms with Gasteiger partial charge in [0.2, 0.25) is 5.91 Å². The van der Waals surface area contributed by atoms with E-state index in [9.17, 15) is 4.79 Å². The minimum Gasteiger partial charge on any atom is -0.492 e. The Morgan fingerprint density at radius 3 is 2.68 bits per heavy atom. The lowest BCUT2D eigenvalue weighted by Gasteiger charge is -2.15. The smallest absolute Gasteiger partial charge is 0.233 e. The molecular formula is C14H19N3O2. The van der Waals surface area contributed by atoms with Gasteiger partial charge >= 0.3 is 0 Å². The maximum absolute atomic E-state index is 11.1. The summed E-state index contributed by atoms with van der Waals surface area (Å²) in [7, 11) is 3.49. The molecule has 0 atom stereocenters. The molecule has 0 radical (unpaired) electrons. The van der Waals surface area contributed by atoms with Gasteiger partial charge in [0.1, 0.15) is 12.4 Å². The molecule has 0 bridgehead atoms. The van der Waals surface area contributed by atoms with Crippen molar-refractivity contribution in [1.29, 1.82) is 5.26 Å². The first-order valence-corrected chi connectivity index (χ1v) is 6.13. The molecule has 0 aliphatic carbocycles.